The minimum Gasteiger partial charge on any atom is -0.393 e. The van der Waals surface area contributed by atoms with Crippen molar-refractivity contribution in [3.63, 3.8) is 0 Å². The molecule has 0 spiro atoms. The van der Waals surface area contributed by atoms with Crippen molar-refractivity contribution in [1.29, 1.82) is 0 Å². The second-order valence-corrected chi connectivity index (χ2v) is 8.18. The molecule has 0 aromatic rings. The zero-order valence-corrected chi connectivity index (χ0v) is 15.8. The van der Waals surface area contributed by atoms with Gasteiger partial charge in [-0.1, -0.05) is 0 Å². The highest BCUT2D eigenvalue weighted by atomic mass is 16.7. The second kappa shape index (κ2) is 7.92. The Hall–Kier alpha value is -0.690. The molecule has 1 amide bonds. The molecule has 1 aliphatic rings. The average molecular weight is 329 g/mol. The van der Waals surface area contributed by atoms with E-state index in [1.54, 1.807) is 6.92 Å². The molecule has 1 aliphatic heterocycles. The molecular weight excluding hydrogens is 294 g/mol. The number of piperidine rings is 1. The molecule has 1 unspecified atom stereocenters. The lowest BCUT2D eigenvalue weighted by Gasteiger charge is -2.53. The molecule has 136 valence electrons. The Kier molecular flexibility index (Phi) is 7.01. The Labute approximate surface area is 141 Å². The van der Waals surface area contributed by atoms with E-state index in [-0.39, 0.29) is 23.1 Å². The van der Waals surface area contributed by atoms with E-state index in [4.69, 9.17) is 4.84 Å². The first kappa shape index (κ1) is 20.4. The van der Waals surface area contributed by atoms with Gasteiger partial charge in [-0.2, -0.15) is 5.06 Å². The summed E-state index contributed by atoms with van der Waals surface area (Å²) in [4.78, 5) is 20.3. The fourth-order valence-electron chi connectivity index (χ4n) is 3.45. The molecular formula is C17H35N3O3. The summed E-state index contributed by atoms with van der Waals surface area (Å²) in [5, 5.41) is 14.9. The molecule has 0 bridgehead atoms. The molecule has 0 aromatic carbocycles. The molecule has 1 rings (SSSR count). The number of aliphatic hydroxyl groups is 1. The fourth-order valence-corrected chi connectivity index (χ4v) is 3.45. The van der Waals surface area contributed by atoms with E-state index in [0.29, 0.717) is 19.4 Å². The first-order valence-corrected chi connectivity index (χ1v) is 8.53. The van der Waals surface area contributed by atoms with Crippen LogP contribution in [0.25, 0.3) is 0 Å². The first-order valence-electron chi connectivity index (χ1n) is 8.53. The molecule has 1 heterocycles. The van der Waals surface area contributed by atoms with E-state index in [9.17, 15) is 9.90 Å². The van der Waals surface area contributed by atoms with Crippen LogP contribution in [-0.2, 0) is 9.63 Å². The Morgan fingerprint density at radius 1 is 1.30 bits per heavy atom. The van der Waals surface area contributed by atoms with Crippen molar-refractivity contribution in [2.45, 2.75) is 77.2 Å². The van der Waals surface area contributed by atoms with Gasteiger partial charge in [0.1, 0.15) is 0 Å². The summed E-state index contributed by atoms with van der Waals surface area (Å²) < 4.78 is 0. The third-order valence-corrected chi connectivity index (χ3v) is 4.28. The maximum atomic E-state index is 12.2. The summed E-state index contributed by atoms with van der Waals surface area (Å²) in [6, 6.07) is 0. The van der Waals surface area contributed by atoms with E-state index in [0.717, 1.165) is 13.0 Å². The van der Waals surface area contributed by atoms with Crippen molar-refractivity contribution in [2.24, 2.45) is 0 Å². The Morgan fingerprint density at radius 3 is 2.30 bits per heavy atom. The lowest BCUT2D eigenvalue weighted by Crippen LogP contribution is -2.63. The van der Waals surface area contributed by atoms with Crippen LogP contribution in [-0.4, -0.2) is 71.4 Å². The van der Waals surface area contributed by atoms with Crippen LogP contribution in [0.1, 0.15) is 53.9 Å². The number of aliphatic hydroxyl groups excluding tert-OH is 1. The SMILES string of the molecule is CC(ON1C(C)(C)CC(O)CC1(C)C)C(=O)NCCCN(C)C. The second-order valence-electron chi connectivity index (χ2n) is 8.18. The van der Waals surface area contributed by atoms with Crippen LogP contribution >= 0.6 is 0 Å². The summed E-state index contributed by atoms with van der Waals surface area (Å²) in [6.45, 7) is 11.5. The number of rotatable bonds is 7. The van der Waals surface area contributed by atoms with Crippen molar-refractivity contribution in [3.05, 3.63) is 0 Å². The molecule has 0 aromatic heterocycles. The van der Waals surface area contributed by atoms with Gasteiger partial charge in [0.2, 0.25) is 0 Å². The van der Waals surface area contributed by atoms with Crippen LogP contribution in [0.2, 0.25) is 0 Å². The molecule has 0 radical (unpaired) electrons. The van der Waals surface area contributed by atoms with E-state index in [2.05, 4.69) is 10.2 Å². The van der Waals surface area contributed by atoms with Gasteiger partial charge < -0.3 is 15.3 Å². The van der Waals surface area contributed by atoms with Gasteiger partial charge in [0, 0.05) is 17.6 Å². The van der Waals surface area contributed by atoms with Gasteiger partial charge in [-0.25, -0.2) is 0 Å². The van der Waals surface area contributed by atoms with E-state index in [1.165, 1.54) is 0 Å². The third kappa shape index (κ3) is 6.03. The van der Waals surface area contributed by atoms with Crippen molar-refractivity contribution in [3.8, 4) is 0 Å². The molecule has 6 nitrogen and oxygen atoms in total. The van der Waals surface area contributed by atoms with Crippen LogP contribution in [0.15, 0.2) is 0 Å². The predicted molar refractivity (Wildman–Crippen MR) is 92.0 cm³/mol. The van der Waals surface area contributed by atoms with Crippen LogP contribution < -0.4 is 5.32 Å². The normalized spacial score (nSPS) is 23.0. The number of nitrogens with zero attached hydrogens (tertiary/aromatic N) is 2. The zero-order chi connectivity index (χ0) is 17.8. The third-order valence-electron chi connectivity index (χ3n) is 4.28. The van der Waals surface area contributed by atoms with Crippen LogP contribution in [0, 0.1) is 0 Å². The number of carbonyl (C=O) groups is 1. The first-order chi connectivity index (χ1) is 10.5. The largest absolute Gasteiger partial charge is 0.393 e. The number of carbonyl (C=O) groups excluding carboxylic acids is 1. The number of nitrogens with one attached hydrogen (secondary N) is 1. The van der Waals surface area contributed by atoms with Gasteiger partial charge in [-0.05, 0) is 74.5 Å². The molecule has 1 saturated heterocycles. The topological polar surface area (TPSA) is 65.0 Å². The van der Waals surface area contributed by atoms with Gasteiger partial charge >= 0.3 is 0 Å². The van der Waals surface area contributed by atoms with Crippen molar-refractivity contribution in [2.75, 3.05) is 27.2 Å². The Balaban J connectivity index is 2.57. The quantitative estimate of drug-likeness (QED) is 0.691. The Bertz CT molecular complexity index is 379. The van der Waals surface area contributed by atoms with Crippen LogP contribution in [0.4, 0.5) is 0 Å². The molecule has 0 aliphatic carbocycles. The molecule has 23 heavy (non-hydrogen) atoms. The molecule has 2 N–H and O–H groups in total. The van der Waals surface area contributed by atoms with E-state index in [1.807, 2.05) is 46.9 Å². The van der Waals surface area contributed by atoms with E-state index < -0.39 is 6.10 Å². The maximum Gasteiger partial charge on any atom is 0.250 e. The molecule has 1 fully saturated rings. The highest BCUT2D eigenvalue weighted by molar-refractivity contribution is 5.80. The molecule has 1 atom stereocenters. The summed E-state index contributed by atoms with van der Waals surface area (Å²) in [5.74, 6) is -0.0959. The van der Waals surface area contributed by atoms with Crippen LogP contribution in [0.3, 0.4) is 0 Å². The predicted octanol–water partition coefficient (Wildman–Crippen LogP) is 1.39. The average Bonchev–Trinajstić information content (AvgIpc) is 2.36. The fraction of sp³-hybridized carbons (Fsp3) is 0.941. The van der Waals surface area contributed by atoms with Gasteiger partial charge in [-0.3, -0.25) is 9.63 Å². The monoisotopic (exact) mass is 329 g/mol. The lowest BCUT2D eigenvalue weighted by atomic mass is 9.80. The number of hydrogen-bond donors (Lipinski definition) is 2. The molecule has 0 saturated carbocycles. The van der Waals surface area contributed by atoms with Gasteiger partial charge in [0.25, 0.3) is 5.91 Å². The van der Waals surface area contributed by atoms with Crippen molar-refractivity contribution in [1.82, 2.24) is 15.3 Å². The minimum absolute atomic E-state index is 0.0959. The number of amides is 1. The van der Waals surface area contributed by atoms with Crippen LogP contribution in [0.5, 0.6) is 0 Å². The summed E-state index contributed by atoms with van der Waals surface area (Å²) in [5.41, 5.74) is -0.638. The van der Waals surface area contributed by atoms with Crippen molar-refractivity contribution >= 4 is 5.91 Å². The molecule has 6 heteroatoms. The maximum absolute atomic E-state index is 12.2. The number of hydrogen-bond acceptors (Lipinski definition) is 5. The highest BCUT2D eigenvalue weighted by Gasteiger charge is 2.47. The zero-order valence-electron chi connectivity index (χ0n) is 15.8. The van der Waals surface area contributed by atoms with Gasteiger partial charge in [0.15, 0.2) is 6.10 Å². The number of hydroxylamine groups is 2. The van der Waals surface area contributed by atoms with E-state index >= 15 is 0 Å². The van der Waals surface area contributed by atoms with Gasteiger partial charge in [0.05, 0.1) is 6.10 Å². The Morgan fingerprint density at radius 2 is 1.83 bits per heavy atom. The highest BCUT2D eigenvalue weighted by Crippen LogP contribution is 2.38. The van der Waals surface area contributed by atoms with Gasteiger partial charge in [-0.15, -0.1) is 0 Å². The summed E-state index contributed by atoms with van der Waals surface area (Å²) in [6.07, 6.45) is 1.29. The smallest absolute Gasteiger partial charge is 0.250 e. The summed E-state index contributed by atoms with van der Waals surface area (Å²) in [7, 11) is 4.03. The van der Waals surface area contributed by atoms with Crippen molar-refractivity contribution < 1.29 is 14.7 Å². The lowest BCUT2D eigenvalue weighted by molar-refractivity contribution is -0.305. The minimum atomic E-state index is -0.553. The summed E-state index contributed by atoms with van der Waals surface area (Å²) >= 11 is 0. The standard InChI is InChI=1S/C17H35N3O3/c1-13(15(22)18-9-8-10-19(6)7)23-20-16(2,3)11-14(21)12-17(20,4)5/h13-14,21H,8-12H2,1-7H3,(H,18,22).